The van der Waals surface area contributed by atoms with Gasteiger partial charge in [-0.25, -0.2) is 0 Å². The number of aliphatic hydroxyl groups is 2. The first-order valence-corrected chi connectivity index (χ1v) is 8.15. The summed E-state index contributed by atoms with van der Waals surface area (Å²) in [6.45, 7) is 2.06. The maximum atomic E-state index is 12.5. The summed E-state index contributed by atoms with van der Waals surface area (Å²) < 4.78 is 11.6. The van der Waals surface area contributed by atoms with Gasteiger partial charge in [-0.1, -0.05) is 0 Å². The van der Waals surface area contributed by atoms with E-state index in [1.165, 1.54) is 7.05 Å². The van der Waals surface area contributed by atoms with Gasteiger partial charge < -0.3 is 30.3 Å². The lowest BCUT2D eigenvalue weighted by molar-refractivity contribution is -0.482. The Morgan fingerprint density at radius 2 is 1.39 bits per heavy atom. The summed E-state index contributed by atoms with van der Waals surface area (Å²) in [5.74, 6) is -5.83. The Morgan fingerprint density at radius 3 is 1.70 bits per heavy atom. The number of ether oxygens (including phenoxy) is 2. The van der Waals surface area contributed by atoms with Gasteiger partial charge in [0.1, 0.15) is 11.2 Å². The molecule has 8 nitrogen and oxygen atoms in total. The molecule has 0 unspecified atom stereocenters. The van der Waals surface area contributed by atoms with E-state index in [1.807, 2.05) is 0 Å². The van der Waals surface area contributed by atoms with Crippen LogP contribution in [-0.4, -0.2) is 58.4 Å². The van der Waals surface area contributed by atoms with Crippen LogP contribution in [-0.2, 0) is 19.1 Å². The summed E-state index contributed by atoms with van der Waals surface area (Å²) >= 11 is 0. The highest BCUT2D eigenvalue weighted by atomic mass is 16.8. The van der Waals surface area contributed by atoms with Crippen molar-refractivity contribution < 1.29 is 29.3 Å². The Labute approximate surface area is 134 Å². The first-order chi connectivity index (χ1) is 10.8. The molecule has 8 heteroatoms. The molecule has 0 bridgehead atoms. The zero-order valence-corrected chi connectivity index (χ0v) is 13.5. The minimum Gasteiger partial charge on any atom is -0.356 e. The molecule has 1 saturated heterocycles. The quantitative estimate of drug-likeness (QED) is 0.535. The molecule has 23 heavy (non-hydrogen) atoms. The van der Waals surface area contributed by atoms with Crippen molar-refractivity contribution >= 4 is 11.8 Å². The second-order valence-corrected chi connectivity index (χ2v) is 6.63. The average molecular weight is 328 g/mol. The number of likely N-dealkylation sites (N-methyl/N-ethyl adjacent to an activating group) is 2. The minimum absolute atomic E-state index is 0.327. The zero-order valence-electron chi connectivity index (χ0n) is 13.5. The van der Waals surface area contributed by atoms with Crippen LogP contribution in [0.5, 0.6) is 0 Å². The van der Waals surface area contributed by atoms with Crippen molar-refractivity contribution in [3.8, 4) is 0 Å². The molecule has 3 rings (SSSR count). The number of carbonyl (C=O) groups is 2. The minimum atomic E-state index is -2.21. The Balaban J connectivity index is 2.03. The van der Waals surface area contributed by atoms with Gasteiger partial charge in [0.25, 0.3) is 23.4 Å². The van der Waals surface area contributed by atoms with Gasteiger partial charge in [0.2, 0.25) is 0 Å². The first kappa shape index (κ1) is 16.6. The third-order valence-corrected chi connectivity index (χ3v) is 5.42. The number of carbonyl (C=O) groups excluding carboxylic acids is 2. The van der Waals surface area contributed by atoms with E-state index in [4.69, 9.17) is 9.47 Å². The van der Waals surface area contributed by atoms with Crippen molar-refractivity contribution in [2.45, 2.75) is 68.2 Å². The van der Waals surface area contributed by atoms with Crippen LogP contribution in [0.15, 0.2) is 0 Å². The molecule has 4 N–H and O–H groups in total. The number of rotatable bonds is 3. The second-order valence-electron chi connectivity index (χ2n) is 6.63. The van der Waals surface area contributed by atoms with Gasteiger partial charge in [-0.05, 0) is 45.4 Å². The molecular formula is C15H24N2O6. The zero-order chi connectivity index (χ0) is 16.9. The van der Waals surface area contributed by atoms with Crippen LogP contribution < -0.4 is 10.6 Å². The molecule has 2 atom stereocenters. The van der Waals surface area contributed by atoms with Crippen molar-refractivity contribution in [1.29, 1.82) is 0 Å². The van der Waals surface area contributed by atoms with E-state index in [0.29, 0.717) is 45.1 Å². The predicted molar refractivity (Wildman–Crippen MR) is 78.0 cm³/mol. The van der Waals surface area contributed by atoms with E-state index in [-0.39, 0.29) is 0 Å². The van der Waals surface area contributed by atoms with Gasteiger partial charge in [0.05, 0.1) is 0 Å². The van der Waals surface area contributed by atoms with Crippen LogP contribution in [0, 0.1) is 0 Å². The molecule has 3 aliphatic rings. The molecule has 1 aliphatic heterocycles. The molecule has 3 fully saturated rings. The Bertz CT molecular complexity index is 530. The predicted octanol–water partition coefficient (Wildman–Crippen LogP) is -0.862. The standard InChI is InChI=1S/C15H24N2O6/c1-3-17-11(19)15(21)13(8-5-9-13)22-14(20,10(18)16-2)12(23-15)6-4-7-12/h20-21H,3-9H2,1-2H3,(H,16,18)(H,17,19)/t14-,15-/m0/s1. The van der Waals surface area contributed by atoms with E-state index in [0.717, 1.165) is 0 Å². The highest BCUT2D eigenvalue weighted by Crippen LogP contribution is 2.59. The number of nitrogens with one attached hydrogen (secondary N) is 2. The fourth-order valence-corrected chi connectivity index (χ4v) is 3.72. The summed E-state index contributed by atoms with van der Waals surface area (Å²) in [5, 5.41) is 26.9. The smallest absolute Gasteiger partial charge is 0.283 e. The first-order valence-electron chi connectivity index (χ1n) is 8.15. The lowest BCUT2D eigenvalue weighted by atomic mass is 9.66. The van der Waals surface area contributed by atoms with Crippen LogP contribution in [0.2, 0.25) is 0 Å². The normalized spacial score (nSPS) is 36.9. The molecule has 2 amide bonds. The SMILES string of the molecule is CCNC(=O)[C@]1(O)OC2(CCC2)[C@](O)(C(=O)NC)OC12CCC2. The number of hydrogen-bond donors (Lipinski definition) is 4. The molecule has 2 spiro atoms. The maximum absolute atomic E-state index is 12.5. The summed E-state index contributed by atoms with van der Waals surface area (Å²) in [4.78, 5) is 24.7. The van der Waals surface area contributed by atoms with Crippen LogP contribution in [0.25, 0.3) is 0 Å². The molecule has 2 aliphatic carbocycles. The third kappa shape index (κ3) is 1.92. The Morgan fingerprint density at radius 1 is 0.957 bits per heavy atom. The molecular weight excluding hydrogens is 304 g/mol. The van der Waals surface area contributed by atoms with Crippen LogP contribution in [0.1, 0.15) is 45.4 Å². The molecule has 130 valence electrons. The Kier molecular flexibility index (Phi) is 3.72. The second kappa shape index (κ2) is 5.14. The van der Waals surface area contributed by atoms with Crippen LogP contribution >= 0.6 is 0 Å². The molecule has 0 radical (unpaired) electrons. The van der Waals surface area contributed by atoms with E-state index in [2.05, 4.69) is 10.6 Å². The van der Waals surface area contributed by atoms with Gasteiger partial charge in [0, 0.05) is 13.6 Å². The highest BCUT2D eigenvalue weighted by Gasteiger charge is 2.77. The highest BCUT2D eigenvalue weighted by molar-refractivity contribution is 5.88. The van der Waals surface area contributed by atoms with Crippen molar-refractivity contribution in [3.63, 3.8) is 0 Å². The molecule has 2 saturated carbocycles. The van der Waals surface area contributed by atoms with E-state index < -0.39 is 34.6 Å². The van der Waals surface area contributed by atoms with Crippen molar-refractivity contribution in [3.05, 3.63) is 0 Å². The molecule has 0 aromatic carbocycles. The van der Waals surface area contributed by atoms with Gasteiger partial charge in [-0.15, -0.1) is 0 Å². The topological polar surface area (TPSA) is 117 Å². The maximum Gasteiger partial charge on any atom is 0.283 e. The van der Waals surface area contributed by atoms with Gasteiger partial charge in [0.15, 0.2) is 0 Å². The summed E-state index contributed by atoms with van der Waals surface area (Å²) in [5.41, 5.74) is -2.82. The fraction of sp³-hybridized carbons (Fsp3) is 0.867. The summed E-state index contributed by atoms with van der Waals surface area (Å²) in [6, 6.07) is 0. The van der Waals surface area contributed by atoms with Gasteiger partial charge >= 0.3 is 0 Å². The van der Waals surface area contributed by atoms with E-state index >= 15 is 0 Å². The average Bonchev–Trinajstić information content (AvgIpc) is 2.45. The number of hydrogen-bond acceptors (Lipinski definition) is 6. The van der Waals surface area contributed by atoms with E-state index in [9.17, 15) is 19.8 Å². The number of amides is 2. The Hall–Kier alpha value is -1.22. The van der Waals surface area contributed by atoms with Crippen molar-refractivity contribution in [1.82, 2.24) is 10.6 Å². The van der Waals surface area contributed by atoms with Crippen molar-refractivity contribution in [2.75, 3.05) is 13.6 Å². The van der Waals surface area contributed by atoms with Crippen LogP contribution in [0.3, 0.4) is 0 Å². The third-order valence-electron chi connectivity index (χ3n) is 5.42. The van der Waals surface area contributed by atoms with Gasteiger partial charge in [-0.2, -0.15) is 0 Å². The molecule has 1 heterocycles. The summed E-state index contributed by atoms with van der Waals surface area (Å²) in [6.07, 6.45) is 2.73. The monoisotopic (exact) mass is 328 g/mol. The fourth-order valence-electron chi connectivity index (χ4n) is 3.72. The van der Waals surface area contributed by atoms with Crippen LogP contribution in [0.4, 0.5) is 0 Å². The van der Waals surface area contributed by atoms with Gasteiger partial charge in [-0.3, -0.25) is 9.59 Å². The molecule has 0 aromatic heterocycles. The summed E-state index contributed by atoms with van der Waals surface area (Å²) in [7, 11) is 1.40. The van der Waals surface area contributed by atoms with Crippen molar-refractivity contribution in [2.24, 2.45) is 0 Å². The molecule has 0 aromatic rings. The lowest BCUT2D eigenvalue weighted by Crippen LogP contribution is -2.84. The van der Waals surface area contributed by atoms with E-state index in [1.54, 1.807) is 6.92 Å². The lowest BCUT2D eigenvalue weighted by Gasteiger charge is -2.65. The largest absolute Gasteiger partial charge is 0.356 e.